The fourth-order valence-electron chi connectivity index (χ4n) is 1.07. The molecule has 0 saturated heterocycles. The number of nitrogens with two attached hydrogens (primary N) is 1. The number of aromatic nitrogens is 3. The zero-order chi connectivity index (χ0) is 10.8. The van der Waals surface area contributed by atoms with Gasteiger partial charge in [-0.05, 0) is 19.1 Å². The Kier molecular flexibility index (Phi) is 2.66. The Morgan fingerprint density at radius 1 is 1.53 bits per heavy atom. The first-order chi connectivity index (χ1) is 7.18. The van der Waals surface area contributed by atoms with E-state index in [1.54, 1.807) is 25.3 Å². The molecule has 5 nitrogen and oxygen atoms in total. The normalized spacial score (nSPS) is 12.7. The van der Waals surface area contributed by atoms with Crippen molar-refractivity contribution in [3.05, 3.63) is 29.2 Å². The minimum atomic E-state index is -0.297. The van der Waals surface area contributed by atoms with Gasteiger partial charge in [0.05, 0.1) is 11.1 Å². The first-order valence-electron chi connectivity index (χ1n) is 4.38. The van der Waals surface area contributed by atoms with Crippen LogP contribution in [0.1, 0.15) is 18.9 Å². The molecular weight excluding hydrogens is 216 g/mol. The summed E-state index contributed by atoms with van der Waals surface area (Å²) in [6, 6.07) is 3.15. The molecule has 0 radical (unpaired) electrons. The Balaban J connectivity index is 2.42. The average Bonchev–Trinajstić information content (AvgIpc) is 2.67. The minimum absolute atomic E-state index is 0.297. The molecule has 2 N–H and O–H groups in total. The van der Waals surface area contributed by atoms with Crippen LogP contribution >= 0.6 is 11.6 Å². The first kappa shape index (κ1) is 10.1. The molecule has 0 aliphatic carbocycles. The Morgan fingerprint density at radius 2 is 2.33 bits per heavy atom. The van der Waals surface area contributed by atoms with Gasteiger partial charge in [0.15, 0.2) is 0 Å². The predicted octanol–water partition coefficient (Wildman–Crippen LogP) is 1.80. The van der Waals surface area contributed by atoms with E-state index in [4.69, 9.17) is 21.9 Å². The monoisotopic (exact) mass is 224 g/mol. The van der Waals surface area contributed by atoms with Crippen molar-refractivity contribution in [2.75, 3.05) is 0 Å². The highest BCUT2D eigenvalue weighted by Gasteiger charge is 2.14. The van der Waals surface area contributed by atoms with Crippen LogP contribution in [0.4, 0.5) is 0 Å². The lowest BCUT2D eigenvalue weighted by Crippen LogP contribution is -2.04. The van der Waals surface area contributed by atoms with Gasteiger partial charge >= 0.3 is 0 Å². The van der Waals surface area contributed by atoms with Gasteiger partial charge in [-0.25, -0.2) is 0 Å². The molecule has 0 bridgehead atoms. The molecule has 0 fully saturated rings. The van der Waals surface area contributed by atoms with Crippen molar-refractivity contribution in [3.63, 3.8) is 0 Å². The van der Waals surface area contributed by atoms with Gasteiger partial charge in [-0.3, -0.25) is 4.98 Å². The summed E-state index contributed by atoms with van der Waals surface area (Å²) in [6.07, 6.45) is 1.61. The van der Waals surface area contributed by atoms with Gasteiger partial charge in [-0.1, -0.05) is 16.8 Å². The summed E-state index contributed by atoms with van der Waals surface area (Å²) in [5.41, 5.74) is 6.09. The molecular formula is C9H9ClN4O. The molecule has 78 valence electrons. The molecule has 2 aromatic rings. The molecule has 0 aliphatic rings. The van der Waals surface area contributed by atoms with E-state index in [1.807, 2.05) is 0 Å². The Bertz CT molecular complexity index is 469. The summed E-state index contributed by atoms with van der Waals surface area (Å²) in [4.78, 5) is 8.15. The molecule has 1 unspecified atom stereocenters. The third-order valence-electron chi connectivity index (χ3n) is 1.80. The van der Waals surface area contributed by atoms with Gasteiger partial charge in [-0.2, -0.15) is 4.98 Å². The van der Waals surface area contributed by atoms with Crippen LogP contribution in [-0.2, 0) is 0 Å². The van der Waals surface area contributed by atoms with Crippen LogP contribution in [0.25, 0.3) is 11.5 Å². The van der Waals surface area contributed by atoms with Crippen LogP contribution in [0, 0.1) is 0 Å². The molecule has 0 aromatic carbocycles. The van der Waals surface area contributed by atoms with Crippen molar-refractivity contribution < 1.29 is 4.52 Å². The van der Waals surface area contributed by atoms with E-state index in [0.29, 0.717) is 22.4 Å². The highest BCUT2D eigenvalue weighted by atomic mass is 35.5. The summed E-state index contributed by atoms with van der Waals surface area (Å²) in [5.74, 6) is 0.722. The fraction of sp³-hybridized carbons (Fsp3) is 0.222. The standard InChI is InChI=1S/C9H9ClN4O/c1-5(11)9-13-8(14-15-9)7-6(10)3-2-4-12-7/h2-5H,11H2,1H3. The number of nitrogens with zero attached hydrogens (tertiary/aromatic N) is 3. The maximum absolute atomic E-state index is 5.93. The Labute approximate surface area is 91.3 Å². The van der Waals surface area contributed by atoms with Crippen LogP contribution in [0.5, 0.6) is 0 Å². The molecule has 1 atom stereocenters. The zero-order valence-electron chi connectivity index (χ0n) is 8.01. The summed E-state index contributed by atoms with van der Waals surface area (Å²) in [6.45, 7) is 1.76. The van der Waals surface area contributed by atoms with E-state index in [2.05, 4.69) is 15.1 Å². The summed E-state index contributed by atoms with van der Waals surface area (Å²) in [7, 11) is 0. The van der Waals surface area contributed by atoms with Crippen molar-refractivity contribution in [1.82, 2.24) is 15.1 Å². The third-order valence-corrected chi connectivity index (χ3v) is 2.11. The van der Waals surface area contributed by atoms with Crippen molar-refractivity contribution in [1.29, 1.82) is 0 Å². The Morgan fingerprint density at radius 3 is 2.93 bits per heavy atom. The van der Waals surface area contributed by atoms with E-state index < -0.39 is 0 Å². The topological polar surface area (TPSA) is 77.8 Å². The van der Waals surface area contributed by atoms with Crippen molar-refractivity contribution in [3.8, 4) is 11.5 Å². The van der Waals surface area contributed by atoms with Crippen LogP contribution in [0.3, 0.4) is 0 Å². The second-order valence-electron chi connectivity index (χ2n) is 3.08. The number of halogens is 1. The van der Waals surface area contributed by atoms with E-state index in [9.17, 15) is 0 Å². The predicted molar refractivity (Wildman–Crippen MR) is 55.1 cm³/mol. The molecule has 2 aromatic heterocycles. The highest BCUT2D eigenvalue weighted by molar-refractivity contribution is 6.32. The maximum atomic E-state index is 5.93. The van der Waals surface area contributed by atoms with Gasteiger partial charge in [0, 0.05) is 6.20 Å². The van der Waals surface area contributed by atoms with E-state index >= 15 is 0 Å². The minimum Gasteiger partial charge on any atom is -0.337 e. The van der Waals surface area contributed by atoms with E-state index in [1.165, 1.54) is 0 Å². The summed E-state index contributed by atoms with van der Waals surface area (Å²) < 4.78 is 4.95. The van der Waals surface area contributed by atoms with Gasteiger partial charge in [-0.15, -0.1) is 0 Å². The molecule has 2 heterocycles. The van der Waals surface area contributed by atoms with Crippen LogP contribution in [-0.4, -0.2) is 15.1 Å². The van der Waals surface area contributed by atoms with Crippen LogP contribution in [0.2, 0.25) is 5.02 Å². The lowest BCUT2D eigenvalue weighted by atomic mass is 10.3. The summed E-state index contributed by atoms with van der Waals surface area (Å²) >= 11 is 5.93. The first-order valence-corrected chi connectivity index (χ1v) is 4.76. The van der Waals surface area contributed by atoms with Crippen molar-refractivity contribution in [2.24, 2.45) is 5.73 Å². The molecule has 0 amide bonds. The molecule has 6 heteroatoms. The average molecular weight is 225 g/mol. The van der Waals surface area contributed by atoms with Crippen LogP contribution < -0.4 is 5.73 Å². The lowest BCUT2D eigenvalue weighted by Gasteiger charge is -1.95. The third kappa shape index (κ3) is 1.98. The smallest absolute Gasteiger partial charge is 0.243 e. The number of rotatable bonds is 2. The molecule has 15 heavy (non-hydrogen) atoms. The number of hydrogen-bond acceptors (Lipinski definition) is 5. The second kappa shape index (κ2) is 3.96. The van der Waals surface area contributed by atoms with Crippen molar-refractivity contribution >= 4 is 11.6 Å². The number of pyridine rings is 1. The van der Waals surface area contributed by atoms with Gasteiger partial charge in [0.1, 0.15) is 5.69 Å². The SMILES string of the molecule is CC(N)c1nc(-c2ncccc2Cl)no1. The van der Waals surface area contributed by atoms with E-state index in [-0.39, 0.29) is 6.04 Å². The van der Waals surface area contributed by atoms with Gasteiger partial charge in [0.2, 0.25) is 11.7 Å². The van der Waals surface area contributed by atoms with Crippen molar-refractivity contribution in [2.45, 2.75) is 13.0 Å². The van der Waals surface area contributed by atoms with Crippen LogP contribution in [0.15, 0.2) is 22.9 Å². The van der Waals surface area contributed by atoms with Gasteiger partial charge < -0.3 is 10.3 Å². The summed E-state index contributed by atoms with van der Waals surface area (Å²) in [5, 5.41) is 4.24. The maximum Gasteiger partial charge on any atom is 0.243 e. The number of hydrogen-bond donors (Lipinski definition) is 1. The quantitative estimate of drug-likeness (QED) is 0.842. The lowest BCUT2D eigenvalue weighted by molar-refractivity contribution is 0.362. The fourth-order valence-corrected chi connectivity index (χ4v) is 1.27. The molecule has 0 saturated carbocycles. The second-order valence-corrected chi connectivity index (χ2v) is 3.49. The largest absolute Gasteiger partial charge is 0.337 e. The molecule has 0 spiro atoms. The molecule has 0 aliphatic heterocycles. The highest BCUT2D eigenvalue weighted by Crippen LogP contribution is 2.23. The van der Waals surface area contributed by atoms with E-state index in [0.717, 1.165) is 0 Å². The van der Waals surface area contributed by atoms with Gasteiger partial charge in [0.25, 0.3) is 0 Å². The zero-order valence-corrected chi connectivity index (χ0v) is 8.77. The molecule has 2 rings (SSSR count). The Hall–Kier alpha value is -1.46.